The Bertz CT molecular complexity index is 1130. The molecule has 0 radical (unpaired) electrons. The lowest BCUT2D eigenvalue weighted by molar-refractivity contribution is 0.395. The highest BCUT2D eigenvalue weighted by atomic mass is 35.5. The minimum Gasteiger partial charge on any atom is -0.497 e. The first-order valence-corrected chi connectivity index (χ1v) is 8.99. The third kappa shape index (κ3) is 3.45. The summed E-state index contributed by atoms with van der Waals surface area (Å²) in [7, 11) is 4.55. The van der Waals surface area contributed by atoms with Crippen molar-refractivity contribution in [2.24, 2.45) is 7.05 Å². The van der Waals surface area contributed by atoms with Crippen LogP contribution in [0.3, 0.4) is 0 Å². The Kier molecular flexibility index (Phi) is 5.63. The standard InChI is InChI=1S/C20H17Cl2FN2O3/c1-10-17(13-6-5-11(23)7-15(13)21)19(24-25(2)20(10)26)14-8-12(27-3)9-16(28-4)18(14)22/h5-9H,1-4H3. The van der Waals surface area contributed by atoms with Crippen molar-refractivity contribution >= 4 is 23.2 Å². The topological polar surface area (TPSA) is 53.4 Å². The smallest absolute Gasteiger partial charge is 0.270 e. The van der Waals surface area contributed by atoms with E-state index in [-0.39, 0.29) is 10.6 Å². The molecule has 0 saturated heterocycles. The largest absolute Gasteiger partial charge is 0.497 e. The maximum absolute atomic E-state index is 13.6. The normalized spacial score (nSPS) is 10.8. The van der Waals surface area contributed by atoms with Crippen LogP contribution in [0.4, 0.5) is 4.39 Å². The van der Waals surface area contributed by atoms with E-state index in [0.717, 1.165) is 0 Å². The molecule has 1 heterocycles. The Morgan fingerprint density at radius 2 is 1.79 bits per heavy atom. The van der Waals surface area contributed by atoms with E-state index in [1.807, 2.05) is 0 Å². The number of aryl methyl sites for hydroxylation is 1. The van der Waals surface area contributed by atoms with E-state index in [2.05, 4.69) is 5.10 Å². The van der Waals surface area contributed by atoms with Crippen molar-refractivity contribution < 1.29 is 13.9 Å². The number of halogens is 3. The van der Waals surface area contributed by atoms with E-state index >= 15 is 0 Å². The Morgan fingerprint density at radius 1 is 1.07 bits per heavy atom. The molecule has 2 aromatic carbocycles. The Labute approximate surface area is 171 Å². The molecule has 0 aliphatic carbocycles. The third-order valence-electron chi connectivity index (χ3n) is 4.40. The molecular weight excluding hydrogens is 406 g/mol. The summed E-state index contributed by atoms with van der Waals surface area (Å²) in [5, 5.41) is 4.87. The summed E-state index contributed by atoms with van der Waals surface area (Å²) < 4.78 is 25.5. The van der Waals surface area contributed by atoms with Gasteiger partial charge in [-0.15, -0.1) is 0 Å². The molecule has 5 nitrogen and oxygen atoms in total. The average Bonchev–Trinajstić information content (AvgIpc) is 2.67. The van der Waals surface area contributed by atoms with Gasteiger partial charge in [-0.1, -0.05) is 23.2 Å². The number of hydrogen-bond acceptors (Lipinski definition) is 4. The van der Waals surface area contributed by atoms with Gasteiger partial charge in [-0.2, -0.15) is 5.10 Å². The van der Waals surface area contributed by atoms with E-state index < -0.39 is 5.82 Å². The number of nitrogens with zero attached hydrogens (tertiary/aromatic N) is 2. The number of aromatic nitrogens is 2. The monoisotopic (exact) mass is 422 g/mol. The van der Waals surface area contributed by atoms with Crippen molar-refractivity contribution in [2.45, 2.75) is 6.92 Å². The maximum atomic E-state index is 13.6. The van der Waals surface area contributed by atoms with Crippen molar-refractivity contribution in [1.82, 2.24) is 9.78 Å². The summed E-state index contributed by atoms with van der Waals surface area (Å²) in [5.74, 6) is 0.409. The van der Waals surface area contributed by atoms with Crippen molar-refractivity contribution in [3.8, 4) is 33.9 Å². The molecule has 0 spiro atoms. The zero-order valence-electron chi connectivity index (χ0n) is 15.6. The second kappa shape index (κ2) is 7.81. The molecule has 3 aromatic rings. The quantitative estimate of drug-likeness (QED) is 0.600. The van der Waals surface area contributed by atoms with Gasteiger partial charge in [-0.3, -0.25) is 4.79 Å². The molecule has 3 rings (SSSR count). The van der Waals surface area contributed by atoms with Gasteiger partial charge in [0.25, 0.3) is 5.56 Å². The number of benzene rings is 2. The van der Waals surface area contributed by atoms with E-state index in [1.54, 1.807) is 26.1 Å². The molecule has 0 aliphatic rings. The fourth-order valence-electron chi connectivity index (χ4n) is 2.99. The molecule has 0 atom stereocenters. The number of rotatable bonds is 4. The van der Waals surface area contributed by atoms with Crippen molar-refractivity contribution in [2.75, 3.05) is 14.2 Å². The highest BCUT2D eigenvalue weighted by molar-refractivity contribution is 6.35. The summed E-state index contributed by atoms with van der Waals surface area (Å²) >= 11 is 12.8. The Balaban J connectivity index is 2.45. The van der Waals surface area contributed by atoms with Gasteiger partial charge >= 0.3 is 0 Å². The van der Waals surface area contributed by atoms with Gasteiger partial charge in [0.15, 0.2) is 0 Å². The molecule has 0 bridgehead atoms. The van der Waals surface area contributed by atoms with Crippen molar-refractivity contribution in [3.63, 3.8) is 0 Å². The molecule has 0 fully saturated rings. The van der Waals surface area contributed by atoms with Crippen LogP contribution in [0.5, 0.6) is 11.5 Å². The lowest BCUT2D eigenvalue weighted by Crippen LogP contribution is -2.23. The lowest BCUT2D eigenvalue weighted by Gasteiger charge is -2.17. The molecular formula is C20H17Cl2FN2O3. The summed E-state index contributed by atoms with van der Waals surface area (Å²) in [6, 6.07) is 7.31. The van der Waals surface area contributed by atoms with Gasteiger partial charge in [0.05, 0.1) is 24.3 Å². The highest BCUT2D eigenvalue weighted by Crippen LogP contribution is 2.43. The van der Waals surface area contributed by atoms with Crippen molar-refractivity contribution in [3.05, 3.63) is 62.1 Å². The zero-order chi connectivity index (χ0) is 20.6. The SMILES string of the molecule is COc1cc(OC)c(Cl)c(-c2nn(C)c(=O)c(C)c2-c2ccc(F)cc2Cl)c1. The molecule has 0 saturated carbocycles. The van der Waals surface area contributed by atoms with Crippen LogP contribution >= 0.6 is 23.2 Å². The van der Waals surface area contributed by atoms with Crippen LogP contribution in [-0.2, 0) is 7.05 Å². The minimum absolute atomic E-state index is 0.158. The van der Waals surface area contributed by atoms with Crippen LogP contribution in [0.1, 0.15) is 5.56 Å². The van der Waals surface area contributed by atoms with Gasteiger partial charge in [0.1, 0.15) is 23.0 Å². The van der Waals surface area contributed by atoms with Gasteiger partial charge in [-0.25, -0.2) is 9.07 Å². The number of ether oxygens (including phenoxy) is 2. The van der Waals surface area contributed by atoms with Gasteiger partial charge < -0.3 is 9.47 Å². The first-order valence-electron chi connectivity index (χ1n) is 8.23. The predicted octanol–water partition coefficient (Wildman–Crippen LogP) is 4.89. The summed E-state index contributed by atoms with van der Waals surface area (Å²) in [6.45, 7) is 1.66. The molecule has 146 valence electrons. The first-order chi connectivity index (χ1) is 13.3. The van der Waals surface area contributed by atoms with Gasteiger partial charge in [0.2, 0.25) is 0 Å². The minimum atomic E-state index is -0.481. The van der Waals surface area contributed by atoms with Crippen LogP contribution in [0, 0.1) is 12.7 Å². The lowest BCUT2D eigenvalue weighted by atomic mass is 9.95. The average molecular weight is 423 g/mol. The zero-order valence-corrected chi connectivity index (χ0v) is 17.2. The van der Waals surface area contributed by atoms with Crippen LogP contribution < -0.4 is 15.0 Å². The highest BCUT2D eigenvalue weighted by Gasteiger charge is 2.22. The summed E-state index contributed by atoms with van der Waals surface area (Å²) in [5.41, 5.74) is 1.93. The van der Waals surface area contributed by atoms with Crippen LogP contribution in [-0.4, -0.2) is 24.0 Å². The van der Waals surface area contributed by atoms with Crippen molar-refractivity contribution in [1.29, 1.82) is 0 Å². The van der Waals surface area contributed by atoms with E-state index in [9.17, 15) is 9.18 Å². The van der Waals surface area contributed by atoms with Crippen LogP contribution in [0.25, 0.3) is 22.4 Å². The first kappa shape index (κ1) is 20.2. The van der Waals surface area contributed by atoms with E-state index in [1.165, 1.54) is 37.1 Å². The summed E-state index contributed by atoms with van der Waals surface area (Å²) in [4.78, 5) is 12.6. The Morgan fingerprint density at radius 3 is 2.39 bits per heavy atom. The summed E-state index contributed by atoms with van der Waals surface area (Å²) in [6.07, 6.45) is 0. The van der Waals surface area contributed by atoms with Gasteiger partial charge in [0, 0.05) is 35.4 Å². The molecule has 28 heavy (non-hydrogen) atoms. The van der Waals surface area contributed by atoms with E-state index in [4.69, 9.17) is 32.7 Å². The fourth-order valence-corrected chi connectivity index (χ4v) is 3.53. The third-order valence-corrected chi connectivity index (χ3v) is 5.10. The maximum Gasteiger partial charge on any atom is 0.270 e. The van der Waals surface area contributed by atoms with Crippen LogP contribution in [0.2, 0.25) is 10.0 Å². The molecule has 0 amide bonds. The predicted molar refractivity (Wildman–Crippen MR) is 108 cm³/mol. The Hall–Kier alpha value is -2.57. The fraction of sp³-hybridized carbons (Fsp3) is 0.200. The molecule has 0 unspecified atom stereocenters. The van der Waals surface area contributed by atoms with Crippen LogP contribution in [0.15, 0.2) is 35.1 Å². The number of hydrogen-bond donors (Lipinski definition) is 0. The molecule has 0 N–H and O–H groups in total. The van der Waals surface area contributed by atoms with E-state index in [0.29, 0.717) is 44.5 Å². The molecule has 0 aliphatic heterocycles. The second-order valence-corrected chi connectivity index (χ2v) is 6.88. The molecule has 1 aromatic heterocycles. The number of methoxy groups -OCH3 is 2. The molecule has 8 heteroatoms. The van der Waals surface area contributed by atoms with Gasteiger partial charge in [-0.05, 0) is 31.2 Å². The second-order valence-electron chi connectivity index (χ2n) is 6.09.